The first-order valence-electron chi connectivity index (χ1n) is 8.65. The second-order valence-electron chi connectivity index (χ2n) is 6.81. The third kappa shape index (κ3) is 4.05. The first kappa shape index (κ1) is 17.6. The summed E-state index contributed by atoms with van der Waals surface area (Å²) in [5, 5.41) is 2.16. The SMILES string of the molecule is Cc1cc2c(cc1C)C(=S)N(CCCN(C)CCc1cccs1)C2. The number of thiophene rings is 1. The van der Waals surface area contributed by atoms with Gasteiger partial charge in [0.15, 0.2) is 0 Å². The van der Waals surface area contributed by atoms with Crippen molar-refractivity contribution in [1.29, 1.82) is 0 Å². The standard InChI is InChI=1S/C20H26N2S2/c1-15-12-17-14-22(20(23)19(17)13-16(15)2)9-5-8-21(3)10-7-18-6-4-11-24-18/h4,6,11-13H,5,7-10,14H2,1-3H3. The van der Waals surface area contributed by atoms with Gasteiger partial charge in [0.05, 0.1) is 0 Å². The maximum atomic E-state index is 5.70. The van der Waals surface area contributed by atoms with Crippen LogP contribution in [0.5, 0.6) is 0 Å². The number of hydrogen-bond acceptors (Lipinski definition) is 3. The maximum absolute atomic E-state index is 5.70. The molecule has 0 bridgehead atoms. The molecule has 2 aromatic rings. The smallest absolute Gasteiger partial charge is 0.109 e. The summed E-state index contributed by atoms with van der Waals surface area (Å²) in [4.78, 5) is 7.31. The Kier molecular flexibility index (Phi) is 5.69. The molecule has 128 valence electrons. The fourth-order valence-electron chi connectivity index (χ4n) is 3.23. The molecule has 0 saturated carbocycles. The summed E-state index contributed by atoms with van der Waals surface area (Å²) >= 11 is 7.55. The molecular weight excluding hydrogens is 332 g/mol. The number of benzene rings is 1. The fraction of sp³-hybridized carbons (Fsp3) is 0.450. The second kappa shape index (κ2) is 7.77. The van der Waals surface area contributed by atoms with E-state index in [1.165, 1.54) is 27.1 Å². The van der Waals surface area contributed by atoms with E-state index >= 15 is 0 Å². The van der Waals surface area contributed by atoms with Crippen molar-refractivity contribution in [2.75, 3.05) is 26.7 Å². The molecule has 1 aliphatic rings. The molecule has 1 aromatic heterocycles. The van der Waals surface area contributed by atoms with Gasteiger partial charge in [-0.1, -0.05) is 24.4 Å². The van der Waals surface area contributed by atoms with E-state index in [0.717, 1.165) is 44.0 Å². The second-order valence-corrected chi connectivity index (χ2v) is 8.23. The highest BCUT2D eigenvalue weighted by atomic mass is 32.1. The van der Waals surface area contributed by atoms with Crippen molar-refractivity contribution in [3.05, 3.63) is 56.8 Å². The Hall–Kier alpha value is -1.23. The summed E-state index contributed by atoms with van der Waals surface area (Å²) in [6.45, 7) is 8.64. The van der Waals surface area contributed by atoms with Crippen LogP contribution in [0.3, 0.4) is 0 Å². The van der Waals surface area contributed by atoms with Gasteiger partial charge in [-0.3, -0.25) is 0 Å². The van der Waals surface area contributed by atoms with Crippen molar-refractivity contribution < 1.29 is 0 Å². The van der Waals surface area contributed by atoms with Crippen molar-refractivity contribution in [2.45, 2.75) is 33.2 Å². The summed E-state index contributed by atoms with van der Waals surface area (Å²) in [5.41, 5.74) is 5.38. The van der Waals surface area contributed by atoms with E-state index in [9.17, 15) is 0 Å². The van der Waals surface area contributed by atoms with E-state index in [4.69, 9.17) is 12.2 Å². The quantitative estimate of drug-likeness (QED) is 0.677. The van der Waals surface area contributed by atoms with Crippen molar-refractivity contribution >= 4 is 28.5 Å². The van der Waals surface area contributed by atoms with Crippen LogP contribution in [0.1, 0.15) is 33.6 Å². The van der Waals surface area contributed by atoms with Gasteiger partial charge < -0.3 is 9.80 Å². The lowest BCUT2D eigenvalue weighted by atomic mass is 10.0. The van der Waals surface area contributed by atoms with Crippen molar-refractivity contribution in [1.82, 2.24) is 9.80 Å². The summed E-state index contributed by atoms with van der Waals surface area (Å²) in [6, 6.07) is 8.93. The summed E-state index contributed by atoms with van der Waals surface area (Å²) in [7, 11) is 2.22. The van der Waals surface area contributed by atoms with Crippen LogP contribution in [0.25, 0.3) is 0 Å². The zero-order valence-electron chi connectivity index (χ0n) is 14.8. The Morgan fingerprint density at radius 3 is 2.75 bits per heavy atom. The third-order valence-electron chi connectivity index (χ3n) is 4.89. The molecule has 0 amide bonds. The van der Waals surface area contributed by atoms with Crippen molar-refractivity contribution in [3.63, 3.8) is 0 Å². The van der Waals surface area contributed by atoms with Crippen molar-refractivity contribution in [2.24, 2.45) is 0 Å². The van der Waals surface area contributed by atoms with E-state index in [-0.39, 0.29) is 0 Å². The van der Waals surface area contributed by atoms with Gasteiger partial charge in [-0.05, 0) is 74.5 Å². The molecule has 1 aliphatic heterocycles. The Morgan fingerprint density at radius 2 is 2.00 bits per heavy atom. The minimum Gasteiger partial charge on any atom is -0.358 e. The number of aryl methyl sites for hydroxylation is 2. The van der Waals surface area contributed by atoms with Crippen LogP contribution in [0.2, 0.25) is 0 Å². The Bertz CT molecular complexity index is 707. The first-order chi connectivity index (χ1) is 11.5. The molecule has 0 saturated heterocycles. The summed E-state index contributed by atoms with van der Waals surface area (Å²) in [5.74, 6) is 0. The number of thiocarbonyl (C=S) groups is 1. The molecule has 0 atom stereocenters. The van der Waals surface area contributed by atoms with E-state index in [1.54, 1.807) is 0 Å². The largest absolute Gasteiger partial charge is 0.358 e. The molecule has 0 spiro atoms. The van der Waals surface area contributed by atoms with Gasteiger partial charge in [-0.2, -0.15) is 0 Å². The fourth-order valence-corrected chi connectivity index (χ4v) is 4.28. The number of likely N-dealkylation sites (N-methyl/N-ethyl adjacent to an activating group) is 1. The topological polar surface area (TPSA) is 6.48 Å². The highest BCUT2D eigenvalue weighted by Gasteiger charge is 2.24. The highest BCUT2D eigenvalue weighted by molar-refractivity contribution is 7.80. The maximum Gasteiger partial charge on any atom is 0.109 e. The molecule has 2 nitrogen and oxygen atoms in total. The zero-order valence-corrected chi connectivity index (χ0v) is 16.5. The van der Waals surface area contributed by atoms with Gasteiger partial charge in [0, 0.05) is 30.1 Å². The first-order valence-corrected chi connectivity index (χ1v) is 9.93. The average molecular weight is 359 g/mol. The lowest BCUT2D eigenvalue weighted by Gasteiger charge is -2.21. The number of fused-ring (bicyclic) bond motifs is 1. The predicted octanol–water partition coefficient (Wildman–Crippen LogP) is 4.42. The van der Waals surface area contributed by atoms with Crippen LogP contribution in [-0.2, 0) is 13.0 Å². The number of nitrogens with zero attached hydrogens (tertiary/aromatic N) is 2. The van der Waals surface area contributed by atoms with Gasteiger partial charge >= 0.3 is 0 Å². The van der Waals surface area contributed by atoms with Gasteiger partial charge in [-0.15, -0.1) is 11.3 Å². The summed E-state index contributed by atoms with van der Waals surface area (Å²) < 4.78 is 0. The monoisotopic (exact) mass is 358 g/mol. The van der Waals surface area contributed by atoms with Gasteiger partial charge in [0.2, 0.25) is 0 Å². The zero-order chi connectivity index (χ0) is 17.1. The van der Waals surface area contributed by atoms with E-state index in [1.807, 2.05) is 11.3 Å². The van der Waals surface area contributed by atoms with Crippen LogP contribution in [0, 0.1) is 13.8 Å². The van der Waals surface area contributed by atoms with Crippen LogP contribution >= 0.6 is 23.6 Å². The Balaban J connectivity index is 1.45. The van der Waals surface area contributed by atoms with E-state index in [0.29, 0.717) is 0 Å². The molecule has 0 radical (unpaired) electrons. The summed E-state index contributed by atoms with van der Waals surface area (Å²) in [6.07, 6.45) is 2.31. The molecule has 1 aromatic carbocycles. The minimum absolute atomic E-state index is 0.980. The molecule has 0 fully saturated rings. The van der Waals surface area contributed by atoms with Crippen LogP contribution in [0.4, 0.5) is 0 Å². The number of rotatable bonds is 7. The van der Waals surface area contributed by atoms with Crippen LogP contribution in [-0.4, -0.2) is 41.5 Å². The Morgan fingerprint density at radius 1 is 1.21 bits per heavy atom. The van der Waals surface area contributed by atoms with E-state index < -0.39 is 0 Å². The minimum atomic E-state index is 0.980. The number of hydrogen-bond donors (Lipinski definition) is 0. The molecular formula is C20H26N2S2. The molecule has 0 unspecified atom stereocenters. The normalized spacial score (nSPS) is 13.8. The van der Waals surface area contributed by atoms with E-state index in [2.05, 4.69) is 60.3 Å². The predicted molar refractivity (Wildman–Crippen MR) is 108 cm³/mol. The lowest BCUT2D eigenvalue weighted by molar-refractivity contribution is 0.310. The molecule has 0 aliphatic carbocycles. The van der Waals surface area contributed by atoms with Crippen LogP contribution in [0.15, 0.2) is 29.6 Å². The molecule has 0 N–H and O–H groups in total. The van der Waals surface area contributed by atoms with Gasteiger partial charge in [0.1, 0.15) is 4.99 Å². The Labute approximate surface area is 155 Å². The van der Waals surface area contributed by atoms with Crippen molar-refractivity contribution in [3.8, 4) is 0 Å². The third-order valence-corrected chi connectivity index (χ3v) is 6.30. The highest BCUT2D eigenvalue weighted by Crippen LogP contribution is 2.26. The van der Waals surface area contributed by atoms with Gasteiger partial charge in [0.25, 0.3) is 0 Å². The molecule has 2 heterocycles. The van der Waals surface area contributed by atoms with Gasteiger partial charge in [-0.25, -0.2) is 0 Å². The van der Waals surface area contributed by atoms with Crippen LogP contribution < -0.4 is 0 Å². The lowest BCUT2D eigenvalue weighted by Crippen LogP contribution is -2.29. The average Bonchev–Trinajstić information content (AvgIpc) is 3.16. The molecule has 24 heavy (non-hydrogen) atoms. The molecule has 4 heteroatoms. The molecule has 3 rings (SSSR count).